The first-order valence-corrected chi connectivity index (χ1v) is 10.7. The second-order valence-corrected chi connectivity index (χ2v) is 7.60. The predicted octanol–water partition coefficient (Wildman–Crippen LogP) is 6.12. The summed E-state index contributed by atoms with van der Waals surface area (Å²) in [6.07, 6.45) is 3.39. The third-order valence-corrected chi connectivity index (χ3v) is 4.88. The van der Waals surface area contributed by atoms with Gasteiger partial charge >= 0.3 is 0 Å². The van der Waals surface area contributed by atoms with Crippen molar-refractivity contribution in [2.75, 3.05) is 5.73 Å². The van der Waals surface area contributed by atoms with E-state index in [4.69, 9.17) is 38.4 Å². The number of pyridine rings is 2. The number of nitrogen functional groups attached to an aromatic ring is 1. The molecule has 0 radical (unpaired) electrons. The molecule has 0 spiro atoms. The molecule has 8 nitrogen and oxygen atoms in total. The molecular formula is C24H20Cl2N4O4. The molecule has 0 saturated heterocycles. The van der Waals surface area contributed by atoms with Gasteiger partial charge in [-0.1, -0.05) is 35.3 Å². The quantitative estimate of drug-likeness (QED) is 0.185. The minimum absolute atomic E-state index is 0.0646. The van der Waals surface area contributed by atoms with Gasteiger partial charge in [-0.3, -0.25) is 20.1 Å². The number of benzene rings is 2. The van der Waals surface area contributed by atoms with Crippen molar-refractivity contribution < 1.29 is 14.4 Å². The van der Waals surface area contributed by atoms with Crippen LogP contribution in [0, 0.1) is 10.1 Å². The number of hydrogen-bond donors (Lipinski definition) is 1. The Morgan fingerprint density at radius 3 is 1.76 bits per heavy atom. The molecule has 0 saturated carbocycles. The highest BCUT2D eigenvalue weighted by atomic mass is 35.5. The SMILES string of the molecule is Nc1ccc(OCc2ccccn2)c(Cl)c1.O=[N+]([O-])c1ccc(OCc2ccccn2)c(Cl)c1. The number of rotatable bonds is 7. The Hall–Kier alpha value is -3.88. The maximum atomic E-state index is 10.5. The van der Waals surface area contributed by atoms with Crippen molar-refractivity contribution in [3.63, 3.8) is 0 Å². The van der Waals surface area contributed by atoms with Gasteiger partial charge in [-0.25, -0.2) is 0 Å². The molecule has 34 heavy (non-hydrogen) atoms. The molecule has 0 bridgehead atoms. The monoisotopic (exact) mass is 498 g/mol. The number of aromatic nitrogens is 2. The lowest BCUT2D eigenvalue weighted by molar-refractivity contribution is -0.384. The summed E-state index contributed by atoms with van der Waals surface area (Å²) in [4.78, 5) is 18.3. The largest absolute Gasteiger partial charge is 0.486 e. The van der Waals surface area contributed by atoms with Crippen LogP contribution >= 0.6 is 23.2 Å². The van der Waals surface area contributed by atoms with E-state index in [0.717, 1.165) is 11.4 Å². The molecule has 174 valence electrons. The molecule has 0 amide bonds. The third-order valence-electron chi connectivity index (χ3n) is 4.29. The molecule has 0 unspecified atom stereocenters. The second-order valence-electron chi connectivity index (χ2n) is 6.78. The molecule has 2 aromatic carbocycles. The summed E-state index contributed by atoms with van der Waals surface area (Å²) in [5, 5.41) is 11.3. The number of ether oxygens (including phenoxy) is 2. The van der Waals surface area contributed by atoms with Crippen molar-refractivity contribution in [3.05, 3.63) is 117 Å². The van der Waals surface area contributed by atoms with Crippen LogP contribution in [0.25, 0.3) is 0 Å². The van der Waals surface area contributed by atoms with Crippen LogP contribution in [-0.4, -0.2) is 14.9 Å². The van der Waals surface area contributed by atoms with Crippen LogP contribution in [0.2, 0.25) is 10.0 Å². The molecule has 4 rings (SSSR count). The van der Waals surface area contributed by atoms with Gasteiger partial charge in [-0.15, -0.1) is 0 Å². The maximum absolute atomic E-state index is 10.5. The van der Waals surface area contributed by atoms with Crippen LogP contribution in [0.5, 0.6) is 11.5 Å². The van der Waals surface area contributed by atoms with Gasteiger partial charge in [0, 0.05) is 30.2 Å². The highest BCUT2D eigenvalue weighted by Gasteiger charge is 2.10. The normalized spacial score (nSPS) is 10.1. The number of nitro groups is 1. The van der Waals surface area contributed by atoms with E-state index in [9.17, 15) is 10.1 Å². The van der Waals surface area contributed by atoms with Crippen molar-refractivity contribution in [2.45, 2.75) is 13.2 Å². The standard InChI is InChI=1S/C12H9ClN2O3.C12H11ClN2O/c13-11-7-10(15(16)17)4-5-12(11)18-8-9-3-1-2-6-14-9;13-11-7-9(14)4-5-12(11)16-8-10-3-1-2-6-15-10/h1-7H,8H2;1-7H,8,14H2. The van der Waals surface area contributed by atoms with Crippen LogP contribution < -0.4 is 15.2 Å². The predicted molar refractivity (Wildman–Crippen MR) is 131 cm³/mol. The highest BCUT2D eigenvalue weighted by Crippen LogP contribution is 2.29. The van der Waals surface area contributed by atoms with Crippen molar-refractivity contribution in [1.29, 1.82) is 0 Å². The summed E-state index contributed by atoms with van der Waals surface area (Å²) in [6, 6.07) is 20.4. The average Bonchev–Trinajstić information content (AvgIpc) is 2.84. The summed E-state index contributed by atoms with van der Waals surface area (Å²) < 4.78 is 11.0. The Labute approximate surface area is 206 Å². The lowest BCUT2D eigenvalue weighted by atomic mass is 10.3. The van der Waals surface area contributed by atoms with Crippen LogP contribution in [0.4, 0.5) is 11.4 Å². The molecule has 4 aromatic rings. The molecule has 2 heterocycles. The van der Waals surface area contributed by atoms with Crippen molar-refractivity contribution >= 4 is 34.6 Å². The number of halogens is 2. The van der Waals surface area contributed by atoms with Crippen LogP contribution in [-0.2, 0) is 13.2 Å². The number of anilines is 1. The van der Waals surface area contributed by atoms with Crippen molar-refractivity contribution in [1.82, 2.24) is 9.97 Å². The summed E-state index contributed by atoms with van der Waals surface area (Å²) in [6.45, 7) is 0.656. The van der Waals surface area contributed by atoms with Crippen molar-refractivity contribution in [3.8, 4) is 11.5 Å². The fourth-order valence-electron chi connectivity index (χ4n) is 2.62. The first kappa shape index (κ1) is 24.8. The fourth-order valence-corrected chi connectivity index (χ4v) is 3.10. The van der Waals surface area contributed by atoms with E-state index in [1.165, 1.54) is 18.2 Å². The summed E-state index contributed by atoms with van der Waals surface area (Å²) in [5.74, 6) is 1.01. The minimum atomic E-state index is -0.506. The Balaban J connectivity index is 0.000000192. The third kappa shape index (κ3) is 7.61. The van der Waals surface area contributed by atoms with Gasteiger partial charge in [0.15, 0.2) is 0 Å². The lowest BCUT2D eigenvalue weighted by Gasteiger charge is -2.07. The molecule has 0 atom stereocenters. The average molecular weight is 499 g/mol. The zero-order chi connectivity index (χ0) is 24.3. The van der Waals surface area contributed by atoms with E-state index in [1.807, 2.05) is 36.4 Å². The number of non-ortho nitro benzene ring substituents is 1. The molecule has 0 fully saturated rings. The summed E-state index contributed by atoms with van der Waals surface area (Å²) >= 11 is 11.9. The highest BCUT2D eigenvalue weighted by molar-refractivity contribution is 6.32. The lowest BCUT2D eigenvalue weighted by Crippen LogP contribution is -1.98. The molecule has 2 N–H and O–H groups in total. The maximum Gasteiger partial charge on any atom is 0.271 e. The Morgan fingerprint density at radius 2 is 1.32 bits per heavy atom. The van der Waals surface area contributed by atoms with Gasteiger partial charge in [0.25, 0.3) is 5.69 Å². The van der Waals surface area contributed by atoms with Gasteiger partial charge in [0.05, 0.1) is 26.4 Å². The smallest absolute Gasteiger partial charge is 0.271 e. The van der Waals surface area contributed by atoms with Gasteiger partial charge < -0.3 is 15.2 Å². The number of hydrogen-bond acceptors (Lipinski definition) is 7. The molecule has 0 aliphatic rings. The van der Waals surface area contributed by atoms with E-state index in [-0.39, 0.29) is 17.3 Å². The van der Waals surface area contributed by atoms with E-state index >= 15 is 0 Å². The van der Waals surface area contributed by atoms with Crippen LogP contribution in [0.15, 0.2) is 85.2 Å². The molecule has 2 aromatic heterocycles. The van der Waals surface area contributed by atoms with Gasteiger partial charge in [-0.05, 0) is 48.5 Å². The van der Waals surface area contributed by atoms with Crippen molar-refractivity contribution in [2.24, 2.45) is 0 Å². The summed E-state index contributed by atoms with van der Waals surface area (Å²) in [5.41, 5.74) is 7.75. The topological polar surface area (TPSA) is 113 Å². The summed E-state index contributed by atoms with van der Waals surface area (Å²) in [7, 11) is 0. The zero-order valence-corrected chi connectivity index (χ0v) is 19.3. The molecule has 0 aliphatic carbocycles. The van der Waals surface area contributed by atoms with Gasteiger partial charge in [-0.2, -0.15) is 0 Å². The van der Waals surface area contributed by atoms with Gasteiger partial charge in [0.2, 0.25) is 0 Å². The number of nitrogens with zero attached hydrogens (tertiary/aromatic N) is 3. The Morgan fingerprint density at radius 1 is 0.794 bits per heavy atom. The minimum Gasteiger partial charge on any atom is -0.486 e. The Kier molecular flexibility index (Phi) is 9.02. The number of nitro benzene ring substituents is 1. The van der Waals surface area contributed by atoms with E-state index in [0.29, 0.717) is 28.8 Å². The zero-order valence-electron chi connectivity index (χ0n) is 17.8. The fraction of sp³-hybridized carbons (Fsp3) is 0.0833. The molecule has 10 heteroatoms. The molecular weight excluding hydrogens is 479 g/mol. The van der Waals surface area contributed by atoms with Crippen LogP contribution in [0.1, 0.15) is 11.4 Å². The van der Waals surface area contributed by atoms with E-state index in [2.05, 4.69) is 9.97 Å². The first-order valence-electron chi connectivity index (χ1n) is 9.97. The van der Waals surface area contributed by atoms with Gasteiger partial charge in [0.1, 0.15) is 24.7 Å². The number of nitrogens with two attached hydrogens (primary N) is 1. The first-order chi connectivity index (χ1) is 16.4. The van der Waals surface area contributed by atoms with E-state index in [1.54, 1.807) is 30.6 Å². The second kappa shape index (κ2) is 12.4. The molecule has 0 aliphatic heterocycles. The Bertz CT molecular complexity index is 1230. The van der Waals surface area contributed by atoms with E-state index < -0.39 is 4.92 Å². The van der Waals surface area contributed by atoms with Crippen LogP contribution in [0.3, 0.4) is 0 Å².